The first-order valence-corrected chi connectivity index (χ1v) is 4.89. The molecule has 100 valence electrons. The third kappa shape index (κ3) is 4.49. The molecule has 0 N–H and O–H groups in total. The van der Waals surface area contributed by atoms with Crippen LogP contribution in [0.1, 0.15) is 6.42 Å². The Morgan fingerprint density at radius 3 is 2.71 bits per heavy atom. The smallest absolute Gasteiger partial charge is 0.428 e. The van der Waals surface area contributed by atoms with Gasteiger partial charge in [0.05, 0.1) is 19.6 Å². The van der Waals surface area contributed by atoms with Crippen LogP contribution >= 0.6 is 0 Å². The molecule has 2 atom stereocenters. The van der Waals surface area contributed by atoms with E-state index in [1.54, 1.807) is 0 Å². The van der Waals surface area contributed by atoms with Gasteiger partial charge in [-0.1, -0.05) is 0 Å². The van der Waals surface area contributed by atoms with Crippen LogP contribution in [0.5, 0.6) is 0 Å². The van der Waals surface area contributed by atoms with E-state index in [9.17, 15) is 18.0 Å². The molecule has 1 saturated heterocycles. The topological polar surface area (TPSA) is 54.0 Å². The van der Waals surface area contributed by atoms with Crippen molar-refractivity contribution in [2.45, 2.75) is 24.8 Å². The Labute approximate surface area is 95.8 Å². The Kier molecular flexibility index (Phi) is 5.16. The van der Waals surface area contributed by atoms with Gasteiger partial charge in [0.25, 0.3) is 0 Å². The number of methoxy groups -OCH3 is 1. The minimum atomic E-state index is -4.62. The Balaban J connectivity index is 2.33. The van der Waals surface area contributed by atoms with E-state index in [2.05, 4.69) is 9.47 Å². The Bertz CT molecular complexity index is 256. The molecular formula is C9H13F3O5. The molecule has 0 aromatic carbocycles. The monoisotopic (exact) mass is 258 g/mol. The molecule has 5 nitrogen and oxygen atoms in total. The van der Waals surface area contributed by atoms with E-state index in [0.29, 0.717) is 6.61 Å². The number of halogens is 3. The average Bonchev–Trinajstić information content (AvgIpc) is 2.59. The van der Waals surface area contributed by atoms with Gasteiger partial charge in [-0.25, -0.2) is 0 Å². The first-order chi connectivity index (χ1) is 7.95. The van der Waals surface area contributed by atoms with Crippen LogP contribution in [0.15, 0.2) is 0 Å². The maximum Gasteiger partial charge on any atom is 0.428 e. The highest BCUT2D eigenvalue weighted by Crippen LogP contribution is 2.32. The summed E-state index contributed by atoms with van der Waals surface area (Å²) in [5, 5.41) is 0. The van der Waals surface area contributed by atoms with Crippen LogP contribution < -0.4 is 0 Å². The van der Waals surface area contributed by atoms with Crippen molar-refractivity contribution in [3.05, 3.63) is 0 Å². The zero-order chi connectivity index (χ0) is 12.9. The number of ether oxygens (including phenoxy) is 4. The maximum absolute atomic E-state index is 12.4. The number of cyclic esters (lactones) is 1. The molecule has 1 heterocycles. The van der Waals surface area contributed by atoms with E-state index in [0.717, 1.165) is 0 Å². The summed E-state index contributed by atoms with van der Waals surface area (Å²) < 4.78 is 55.7. The predicted molar refractivity (Wildman–Crippen MR) is 48.1 cm³/mol. The molecule has 1 rings (SSSR count). The lowest BCUT2D eigenvalue weighted by molar-refractivity contribution is -0.237. The third-order valence-corrected chi connectivity index (χ3v) is 2.08. The maximum atomic E-state index is 12.4. The predicted octanol–water partition coefficient (Wildman–Crippen LogP) is 0.870. The summed E-state index contributed by atoms with van der Waals surface area (Å²) in [6.07, 6.45) is -8.59. The molecule has 0 spiro atoms. The van der Waals surface area contributed by atoms with Gasteiger partial charge in [0.1, 0.15) is 12.9 Å². The SMILES string of the molecule is COCCOCO[C@H]1CC(=O)O[C@H]1C(F)(F)F. The molecule has 0 aromatic rings. The molecule has 0 aromatic heterocycles. The number of carbonyl (C=O) groups excluding carboxylic acids is 1. The van der Waals surface area contributed by atoms with E-state index in [1.807, 2.05) is 0 Å². The fraction of sp³-hybridized carbons (Fsp3) is 0.889. The van der Waals surface area contributed by atoms with E-state index in [1.165, 1.54) is 7.11 Å². The van der Waals surface area contributed by atoms with Crippen molar-refractivity contribution < 1.29 is 36.9 Å². The number of alkyl halides is 3. The number of rotatable bonds is 6. The molecule has 0 unspecified atom stereocenters. The van der Waals surface area contributed by atoms with Gasteiger partial charge < -0.3 is 18.9 Å². The normalized spacial score (nSPS) is 25.1. The number of hydrogen-bond donors (Lipinski definition) is 0. The van der Waals surface area contributed by atoms with Crippen LogP contribution in [0, 0.1) is 0 Å². The number of esters is 1. The third-order valence-electron chi connectivity index (χ3n) is 2.08. The van der Waals surface area contributed by atoms with Crippen molar-refractivity contribution in [1.29, 1.82) is 0 Å². The van der Waals surface area contributed by atoms with E-state index in [-0.39, 0.29) is 13.4 Å². The first-order valence-electron chi connectivity index (χ1n) is 4.89. The van der Waals surface area contributed by atoms with Crippen LogP contribution in [0.25, 0.3) is 0 Å². The van der Waals surface area contributed by atoms with E-state index >= 15 is 0 Å². The van der Waals surface area contributed by atoms with E-state index < -0.39 is 30.8 Å². The zero-order valence-electron chi connectivity index (χ0n) is 9.16. The Morgan fingerprint density at radius 1 is 1.41 bits per heavy atom. The van der Waals surface area contributed by atoms with Crippen molar-refractivity contribution in [2.24, 2.45) is 0 Å². The lowest BCUT2D eigenvalue weighted by atomic mass is 10.2. The molecule has 0 amide bonds. The van der Waals surface area contributed by atoms with Crippen LogP contribution in [0.2, 0.25) is 0 Å². The summed E-state index contributed by atoms with van der Waals surface area (Å²) in [6.45, 7) is 0.179. The van der Waals surface area contributed by atoms with Crippen molar-refractivity contribution in [2.75, 3.05) is 27.1 Å². The summed E-state index contributed by atoms with van der Waals surface area (Å²) in [6, 6.07) is 0. The van der Waals surface area contributed by atoms with Crippen molar-refractivity contribution in [3.63, 3.8) is 0 Å². The van der Waals surface area contributed by atoms with Gasteiger partial charge in [-0.3, -0.25) is 4.79 Å². The largest absolute Gasteiger partial charge is 0.450 e. The molecule has 1 aliphatic heterocycles. The fourth-order valence-electron chi connectivity index (χ4n) is 1.30. The van der Waals surface area contributed by atoms with E-state index in [4.69, 9.17) is 9.47 Å². The molecule has 0 aliphatic carbocycles. The lowest BCUT2D eigenvalue weighted by Crippen LogP contribution is -2.38. The molecule has 8 heteroatoms. The molecule has 0 radical (unpaired) electrons. The highest BCUT2D eigenvalue weighted by Gasteiger charge is 2.53. The lowest BCUT2D eigenvalue weighted by Gasteiger charge is -2.20. The van der Waals surface area contributed by atoms with Crippen molar-refractivity contribution in [1.82, 2.24) is 0 Å². The van der Waals surface area contributed by atoms with Crippen LogP contribution in [-0.4, -0.2) is 51.5 Å². The van der Waals surface area contributed by atoms with Gasteiger partial charge in [-0.15, -0.1) is 0 Å². The van der Waals surface area contributed by atoms with Gasteiger partial charge in [0.15, 0.2) is 0 Å². The highest BCUT2D eigenvalue weighted by atomic mass is 19.4. The van der Waals surface area contributed by atoms with Crippen LogP contribution in [-0.2, 0) is 23.7 Å². The van der Waals surface area contributed by atoms with Gasteiger partial charge in [-0.05, 0) is 0 Å². The summed E-state index contributed by atoms with van der Waals surface area (Å²) in [4.78, 5) is 10.8. The Hall–Kier alpha value is -0.860. The second-order valence-electron chi connectivity index (χ2n) is 3.38. The minimum absolute atomic E-state index is 0.203. The zero-order valence-corrected chi connectivity index (χ0v) is 9.16. The summed E-state index contributed by atoms with van der Waals surface area (Å²) in [5.74, 6) is -0.922. The van der Waals surface area contributed by atoms with Gasteiger partial charge in [-0.2, -0.15) is 13.2 Å². The molecule has 0 bridgehead atoms. The Morgan fingerprint density at radius 2 is 2.12 bits per heavy atom. The average molecular weight is 258 g/mol. The second-order valence-corrected chi connectivity index (χ2v) is 3.38. The van der Waals surface area contributed by atoms with Crippen LogP contribution in [0.4, 0.5) is 13.2 Å². The summed E-state index contributed by atoms with van der Waals surface area (Å²) >= 11 is 0. The quantitative estimate of drug-likeness (QED) is 0.402. The molecule has 1 fully saturated rings. The van der Waals surface area contributed by atoms with Crippen LogP contribution in [0.3, 0.4) is 0 Å². The minimum Gasteiger partial charge on any atom is -0.450 e. The van der Waals surface area contributed by atoms with Gasteiger partial charge >= 0.3 is 12.1 Å². The molecule has 1 aliphatic rings. The standard InChI is InChI=1S/C9H13F3O5/c1-14-2-3-15-5-16-6-4-7(13)17-8(6)9(10,11)12/h6,8H,2-5H2,1H3/t6-,8+/m0/s1. The fourth-order valence-corrected chi connectivity index (χ4v) is 1.30. The summed E-state index contributed by atoms with van der Waals surface area (Å²) in [7, 11) is 1.47. The number of carbonyl (C=O) groups is 1. The second kappa shape index (κ2) is 6.18. The highest BCUT2D eigenvalue weighted by molar-refractivity contribution is 5.72. The van der Waals surface area contributed by atoms with Gasteiger partial charge in [0.2, 0.25) is 6.10 Å². The van der Waals surface area contributed by atoms with Crippen molar-refractivity contribution in [3.8, 4) is 0 Å². The number of hydrogen-bond acceptors (Lipinski definition) is 5. The molecule has 0 saturated carbocycles. The summed E-state index contributed by atoms with van der Waals surface area (Å²) in [5.41, 5.74) is 0. The first kappa shape index (κ1) is 14.2. The van der Waals surface area contributed by atoms with Crippen molar-refractivity contribution >= 4 is 5.97 Å². The molecule has 17 heavy (non-hydrogen) atoms. The van der Waals surface area contributed by atoms with Gasteiger partial charge in [0, 0.05) is 7.11 Å². The molecular weight excluding hydrogens is 245 g/mol.